The van der Waals surface area contributed by atoms with E-state index in [1.165, 1.54) is 51.4 Å². The normalized spacial score (nSPS) is 18.1. The van der Waals surface area contributed by atoms with Gasteiger partial charge in [0, 0.05) is 24.7 Å². The minimum Gasteiger partial charge on any atom is -0.494 e. The van der Waals surface area contributed by atoms with E-state index in [-0.39, 0.29) is 11.9 Å². The second-order valence-electron chi connectivity index (χ2n) is 9.61. The van der Waals surface area contributed by atoms with Crippen molar-refractivity contribution in [2.45, 2.75) is 77.7 Å². The van der Waals surface area contributed by atoms with Crippen molar-refractivity contribution in [2.75, 3.05) is 24.6 Å². The molecule has 178 valence electrons. The van der Waals surface area contributed by atoms with Crippen LogP contribution in [0.2, 0.25) is 0 Å². The summed E-state index contributed by atoms with van der Waals surface area (Å²) in [6.45, 7) is 6.86. The summed E-state index contributed by atoms with van der Waals surface area (Å²) in [5.74, 6) is 2.58. The molecule has 1 aromatic heterocycles. The maximum atomic E-state index is 12.8. The van der Waals surface area contributed by atoms with E-state index in [0.29, 0.717) is 18.9 Å². The van der Waals surface area contributed by atoms with Crippen LogP contribution in [0.4, 0.5) is 5.82 Å². The summed E-state index contributed by atoms with van der Waals surface area (Å²) in [5.41, 5.74) is 3.10. The van der Waals surface area contributed by atoms with Crippen LogP contribution in [0.5, 0.6) is 5.75 Å². The van der Waals surface area contributed by atoms with Crippen molar-refractivity contribution < 1.29 is 9.53 Å². The highest BCUT2D eigenvalue weighted by molar-refractivity contribution is 5.80. The predicted molar refractivity (Wildman–Crippen MR) is 135 cm³/mol. The lowest BCUT2D eigenvalue weighted by molar-refractivity contribution is -0.121. The maximum absolute atomic E-state index is 12.8. The lowest BCUT2D eigenvalue weighted by Gasteiger charge is -2.30. The third-order valence-electron chi connectivity index (χ3n) is 7.15. The SMILES string of the molecule is CCOc1ccc(-c2ccc(CC(=O)N[C@H](C)C3CCCCC3)nc2N2CCCCC2)cc1. The molecule has 1 aliphatic heterocycles. The number of pyridine rings is 1. The van der Waals surface area contributed by atoms with Gasteiger partial charge in [0.25, 0.3) is 0 Å². The molecule has 5 nitrogen and oxygen atoms in total. The zero-order chi connectivity index (χ0) is 23.0. The number of carbonyl (C=O) groups is 1. The number of ether oxygens (including phenoxy) is 1. The number of anilines is 1. The van der Waals surface area contributed by atoms with Gasteiger partial charge in [-0.2, -0.15) is 0 Å². The van der Waals surface area contributed by atoms with Gasteiger partial charge < -0.3 is 15.0 Å². The number of hydrogen-bond acceptors (Lipinski definition) is 4. The summed E-state index contributed by atoms with van der Waals surface area (Å²) in [4.78, 5) is 20.2. The molecule has 0 unspecified atom stereocenters. The monoisotopic (exact) mass is 449 g/mol. The quantitative estimate of drug-likeness (QED) is 0.556. The number of nitrogens with one attached hydrogen (secondary N) is 1. The number of benzene rings is 1. The fraction of sp³-hybridized carbons (Fsp3) is 0.571. The Bertz CT molecular complexity index is 900. The molecule has 1 N–H and O–H groups in total. The van der Waals surface area contributed by atoms with Crippen molar-refractivity contribution in [3.63, 3.8) is 0 Å². The number of piperidine rings is 1. The van der Waals surface area contributed by atoms with E-state index in [0.717, 1.165) is 41.5 Å². The molecule has 33 heavy (non-hydrogen) atoms. The number of carbonyl (C=O) groups excluding carboxylic acids is 1. The van der Waals surface area contributed by atoms with Crippen molar-refractivity contribution in [1.82, 2.24) is 10.3 Å². The number of nitrogens with zero attached hydrogens (tertiary/aromatic N) is 2. The van der Waals surface area contributed by atoms with Crippen molar-refractivity contribution in [3.05, 3.63) is 42.1 Å². The fourth-order valence-electron chi connectivity index (χ4n) is 5.28. The number of rotatable bonds is 8. The fourth-order valence-corrected chi connectivity index (χ4v) is 5.28. The zero-order valence-electron chi connectivity index (χ0n) is 20.3. The van der Waals surface area contributed by atoms with Crippen LogP contribution < -0.4 is 15.0 Å². The highest BCUT2D eigenvalue weighted by Gasteiger charge is 2.22. The molecule has 4 rings (SSSR count). The summed E-state index contributed by atoms with van der Waals surface area (Å²) in [5, 5.41) is 3.26. The van der Waals surface area contributed by atoms with Crippen LogP contribution in [-0.4, -0.2) is 36.6 Å². The molecule has 2 aromatic rings. The topological polar surface area (TPSA) is 54.5 Å². The molecule has 1 saturated carbocycles. The predicted octanol–water partition coefficient (Wildman–Crippen LogP) is 5.77. The lowest BCUT2D eigenvalue weighted by atomic mass is 9.84. The van der Waals surface area contributed by atoms with Crippen molar-refractivity contribution >= 4 is 11.7 Å². The third kappa shape index (κ3) is 6.27. The summed E-state index contributed by atoms with van der Waals surface area (Å²) >= 11 is 0. The molecular weight excluding hydrogens is 410 g/mol. The van der Waals surface area contributed by atoms with Gasteiger partial charge in [0.2, 0.25) is 5.91 Å². The zero-order valence-corrected chi connectivity index (χ0v) is 20.3. The summed E-state index contributed by atoms with van der Waals surface area (Å²) in [6.07, 6.45) is 10.4. The summed E-state index contributed by atoms with van der Waals surface area (Å²) < 4.78 is 5.61. The highest BCUT2D eigenvalue weighted by atomic mass is 16.5. The Morgan fingerprint density at radius 2 is 1.73 bits per heavy atom. The second-order valence-corrected chi connectivity index (χ2v) is 9.61. The van der Waals surface area contributed by atoms with Gasteiger partial charge in [0.15, 0.2) is 0 Å². The Kier molecular flexibility index (Phi) is 8.25. The van der Waals surface area contributed by atoms with Crippen molar-refractivity contribution in [1.29, 1.82) is 0 Å². The maximum Gasteiger partial charge on any atom is 0.226 e. The lowest BCUT2D eigenvalue weighted by Crippen LogP contribution is -2.39. The van der Waals surface area contributed by atoms with Gasteiger partial charge in [-0.3, -0.25) is 4.79 Å². The standard InChI is InChI=1S/C28H39N3O2/c1-3-33-25-15-12-23(13-16-25)26-17-14-24(30-28(26)31-18-8-5-9-19-31)20-27(32)29-21(2)22-10-6-4-7-11-22/h12-17,21-22H,3-11,18-20H2,1-2H3,(H,29,32)/t21-/m1/s1. The Morgan fingerprint density at radius 3 is 2.42 bits per heavy atom. The first-order valence-electron chi connectivity index (χ1n) is 12.9. The first kappa shape index (κ1) is 23.6. The summed E-state index contributed by atoms with van der Waals surface area (Å²) in [7, 11) is 0. The Labute approximate surface area is 198 Å². The van der Waals surface area contributed by atoms with Gasteiger partial charge >= 0.3 is 0 Å². The van der Waals surface area contributed by atoms with Crippen LogP contribution in [0.3, 0.4) is 0 Å². The highest BCUT2D eigenvalue weighted by Crippen LogP contribution is 2.32. The van der Waals surface area contributed by atoms with E-state index in [9.17, 15) is 4.79 Å². The minimum absolute atomic E-state index is 0.0824. The molecule has 5 heteroatoms. The van der Waals surface area contributed by atoms with E-state index in [4.69, 9.17) is 9.72 Å². The van der Waals surface area contributed by atoms with Gasteiger partial charge in [-0.15, -0.1) is 0 Å². The minimum atomic E-state index is 0.0824. The Morgan fingerprint density at radius 1 is 1.03 bits per heavy atom. The van der Waals surface area contributed by atoms with E-state index in [2.05, 4.69) is 35.3 Å². The van der Waals surface area contributed by atoms with Crippen LogP contribution in [0.1, 0.15) is 70.9 Å². The Balaban J connectivity index is 1.51. The average Bonchev–Trinajstić information content (AvgIpc) is 2.86. The molecule has 2 heterocycles. The van der Waals surface area contributed by atoms with E-state index in [1.807, 2.05) is 25.1 Å². The molecule has 1 atom stereocenters. The molecule has 1 amide bonds. The van der Waals surface area contributed by atoms with Crippen LogP contribution in [-0.2, 0) is 11.2 Å². The third-order valence-corrected chi connectivity index (χ3v) is 7.15. The number of amides is 1. The van der Waals surface area contributed by atoms with Gasteiger partial charge in [-0.05, 0) is 81.7 Å². The molecule has 0 spiro atoms. The number of aromatic nitrogens is 1. The van der Waals surface area contributed by atoms with Gasteiger partial charge in [-0.1, -0.05) is 31.4 Å². The first-order chi connectivity index (χ1) is 16.1. The number of hydrogen-bond donors (Lipinski definition) is 1. The van der Waals surface area contributed by atoms with Crippen molar-refractivity contribution in [3.8, 4) is 16.9 Å². The molecule has 2 aliphatic rings. The van der Waals surface area contributed by atoms with Crippen LogP contribution in [0, 0.1) is 5.92 Å². The summed E-state index contributed by atoms with van der Waals surface area (Å²) in [6, 6.07) is 12.6. The molecule has 0 bridgehead atoms. The van der Waals surface area contributed by atoms with E-state index >= 15 is 0 Å². The second kappa shape index (κ2) is 11.5. The first-order valence-corrected chi connectivity index (χ1v) is 12.9. The average molecular weight is 450 g/mol. The molecule has 1 saturated heterocycles. The van der Waals surface area contributed by atoms with E-state index < -0.39 is 0 Å². The largest absolute Gasteiger partial charge is 0.494 e. The molecular formula is C28H39N3O2. The van der Waals surface area contributed by atoms with Crippen molar-refractivity contribution in [2.24, 2.45) is 5.92 Å². The molecule has 1 aromatic carbocycles. The molecule has 1 aliphatic carbocycles. The van der Waals surface area contributed by atoms with Gasteiger partial charge in [-0.25, -0.2) is 4.98 Å². The van der Waals surface area contributed by atoms with Gasteiger partial charge in [0.1, 0.15) is 11.6 Å². The molecule has 0 radical (unpaired) electrons. The van der Waals surface area contributed by atoms with Crippen LogP contribution in [0.15, 0.2) is 36.4 Å². The smallest absolute Gasteiger partial charge is 0.226 e. The van der Waals surface area contributed by atoms with Gasteiger partial charge in [0.05, 0.1) is 18.7 Å². The van der Waals surface area contributed by atoms with E-state index in [1.54, 1.807) is 0 Å². The molecule has 2 fully saturated rings. The van der Waals surface area contributed by atoms with Crippen LogP contribution in [0.25, 0.3) is 11.1 Å². The Hall–Kier alpha value is -2.56. The van der Waals surface area contributed by atoms with Crippen LogP contribution >= 0.6 is 0 Å².